The zero-order valence-corrected chi connectivity index (χ0v) is 14.4. The van der Waals surface area contributed by atoms with E-state index in [0.29, 0.717) is 11.5 Å². The Hall–Kier alpha value is -2.47. The number of carbonyl (C=O) groups excluding carboxylic acids is 1. The van der Waals surface area contributed by atoms with Crippen LogP contribution in [0.4, 0.5) is 11.5 Å². The summed E-state index contributed by atoms with van der Waals surface area (Å²) in [7, 11) is 2.07. The summed E-state index contributed by atoms with van der Waals surface area (Å²) in [5, 5.41) is 3.27. The maximum absolute atomic E-state index is 12.6. The van der Waals surface area contributed by atoms with Gasteiger partial charge in [0.25, 0.3) is 5.91 Å². The number of hydrogen-bond donors (Lipinski definition) is 1. The number of likely N-dealkylation sites (N-methyl/N-ethyl adjacent to an activating group) is 1. The predicted octanol–water partition coefficient (Wildman–Crippen LogP) is 2.22. The van der Waals surface area contributed by atoms with Crippen LogP contribution in [-0.2, 0) is 0 Å². The first-order valence-electron chi connectivity index (χ1n) is 8.17. The Bertz CT molecular complexity index is 738. The third-order valence-corrected chi connectivity index (χ3v) is 4.32. The molecule has 126 valence electrons. The van der Waals surface area contributed by atoms with Crippen molar-refractivity contribution in [3.05, 3.63) is 47.4 Å². The molecule has 6 heteroatoms. The first-order valence-corrected chi connectivity index (χ1v) is 8.17. The van der Waals surface area contributed by atoms with Gasteiger partial charge in [-0.15, -0.1) is 0 Å². The van der Waals surface area contributed by atoms with Gasteiger partial charge in [-0.05, 0) is 32.5 Å². The van der Waals surface area contributed by atoms with Gasteiger partial charge in [-0.25, -0.2) is 9.97 Å². The van der Waals surface area contributed by atoms with E-state index in [9.17, 15) is 4.79 Å². The van der Waals surface area contributed by atoms with E-state index in [4.69, 9.17) is 0 Å². The summed E-state index contributed by atoms with van der Waals surface area (Å²) < 4.78 is 0. The van der Waals surface area contributed by atoms with Crippen molar-refractivity contribution >= 4 is 17.4 Å². The molecule has 1 fully saturated rings. The molecule has 1 aliphatic heterocycles. The van der Waals surface area contributed by atoms with Gasteiger partial charge in [0.2, 0.25) is 0 Å². The highest BCUT2D eigenvalue weighted by atomic mass is 16.2. The lowest BCUT2D eigenvalue weighted by Gasteiger charge is -2.32. The van der Waals surface area contributed by atoms with Crippen LogP contribution in [-0.4, -0.2) is 58.9 Å². The molecule has 1 N–H and O–H groups in total. The lowest BCUT2D eigenvalue weighted by atomic mass is 10.1. The molecule has 24 heavy (non-hydrogen) atoms. The zero-order chi connectivity index (χ0) is 17.1. The molecule has 0 spiro atoms. The van der Waals surface area contributed by atoms with Crippen LogP contribution in [0.15, 0.2) is 30.6 Å². The van der Waals surface area contributed by atoms with E-state index in [2.05, 4.69) is 40.2 Å². The highest BCUT2D eigenvalue weighted by Gasteiger charge is 2.21. The monoisotopic (exact) mass is 325 g/mol. The summed E-state index contributed by atoms with van der Waals surface area (Å²) in [6.07, 6.45) is 1.44. The summed E-state index contributed by atoms with van der Waals surface area (Å²) in [5.41, 5.74) is 3.77. The van der Waals surface area contributed by atoms with Gasteiger partial charge in [0.1, 0.15) is 17.8 Å². The predicted molar refractivity (Wildman–Crippen MR) is 94.6 cm³/mol. The minimum Gasteiger partial charge on any atom is -0.340 e. The van der Waals surface area contributed by atoms with Gasteiger partial charge < -0.3 is 15.1 Å². The molecule has 1 amide bonds. The summed E-state index contributed by atoms with van der Waals surface area (Å²) >= 11 is 0. The molecule has 3 rings (SSSR count). The maximum atomic E-state index is 12.6. The quantitative estimate of drug-likeness (QED) is 0.937. The number of nitrogens with one attached hydrogen (secondary N) is 1. The SMILES string of the molecule is Cc1ccc(Nc2cc(C(=O)N3CCN(C)CC3)ncn2)c(C)c1. The van der Waals surface area contributed by atoms with Crippen LogP contribution in [0, 0.1) is 13.8 Å². The number of anilines is 2. The van der Waals surface area contributed by atoms with E-state index >= 15 is 0 Å². The zero-order valence-electron chi connectivity index (χ0n) is 14.4. The van der Waals surface area contributed by atoms with Crippen molar-refractivity contribution in [2.24, 2.45) is 0 Å². The van der Waals surface area contributed by atoms with Crippen molar-refractivity contribution in [3.63, 3.8) is 0 Å². The minimum absolute atomic E-state index is 0.0332. The number of aryl methyl sites for hydroxylation is 2. The summed E-state index contributed by atoms with van der Waals surface area (Å²) in [5.74, 6) is 0.601. The molecule has 0 atom stereocenters. The van der Waals surface area contributed by atoms with Crippen molar-refractivity contribution < 1.29 is 4.79 Å². The van der Waals surface area contributed by atoms with E-state index < -0.39 is 0 Å². The second-order valence-electron chi connectivity index (χ2n) is 6.33. The molecule has 0 radical (unpaired) electrons. The van der Waals surface area contributed by atoms with Crippen LogP contribution >= 0.6 is 0 Å². The number of nitrogens with zero attached hydrogens (tertiary/aromatic N) is 4. The number of benzene rings is 1. The second kappa shape index (κ2) is 6.97. The normalized spacial score (nSPS) is 15.4. The van der Waals surface area contributed by atoms with E-state index in [1.807, 2.05) is 24.0 Å². The lowest BCUT2D eigenvalue weighted by molar-refractivity contribution is 0.0658. The second-order valence-corrected chi connectivity index (χ2v) is 6.33. The first-order chi connectivity index (χ1) is 11.5. The van der Waals surface area contributed by atoms with Crippen LogP contribution in [0.5, 0.6) is 0 Å². The molecular weight excluding hydrogens is 302 g/mol. The van der Waals surface area contributed by atoms with E-state index in [1.165, 1.54) is 11.9 Å². The number of piperazine rings is 1. The number of amides is 1. The van der Waals surface area contributed by atoms with E-state index in [1.54, 1.807) is 6.07 Å². The molecule has 1 aromatic carbocycles. The van der Waals surface area contributed by atoms with Crippen LogP contribution in [0.3, 0.4) is 0 Å². The number of rotatable bonds is 3. The third kappa shape index (κ3) is 3.71. The molecule has 0 aliphatic carbocycles. The molecule has 2 aromatic rings. The van der Waals surface area contributed by atoms with Crippen molar-refractivity contribution in [1.29, 1.82) is 0 Å². The van der Waals surface area contributed by atoms with Gasteiger partial charge in [-0.2, -0.15) is 0 Å². The Balaban J connectivity index is 1.75. The van der Waals surface area contributed by atoms with Gasteiger partial charge >= 0.3 is 0 Å². The van der Waals surface area contributed by atoms with Crippen molar-refractivity contribution in [3.8, 4) is 0 Å². The molecule has 2 heterocycles. The van der Waals surface area contributed by atoms with Crippen LogP contribution < -0.4 is 5.32 Å². The summed E-state index contributed by atoms with van der Waals surface area (Å²) in [6, 6.07) is 7.90. The Labute approximate surface area is 142 Å². The average Bonchev–Trinajstić information content (AvgIpc) is 2.58. The fourth-order valence-corrected chi connectivity index (χ4v) is 2.81. The van der Waals surface area contributed by atoms with E-state index in [-0.39, 0.29) is 5.91 Å². The minimum atomic E-state index is -0.0332. The highest BCUT2D eigenvalue weighted by Crippen LogP contribution is 2.20. The summed E-state index contributed by atoms with van der Waals surface area (Å²) in [4.78, 5) is 25.1. The fraction of sp³-hybridized carbons (Fsp3) is 0.389. The number of hydrogen-bond acceptors (Lipinski definition) is 5. The number of aromatic nitrogens is 2. The van der Waals surface area contributed by atoms with Crippen molar-refractivity contribution in [1.82, 2.24) is 19.8 Å². The molecule has 1 saturated heterocycles. The molecule has 0 saturated carbocycles. The number of carbonyl (C=O) groups is 1. The van der Waals surface area contributed by atoms with Crippen LogP contribution in [0.1, 0.15) is 21.6 Å². The fourth-order valence-electron chi connectivity index (χ4n) is 2.81. The van der Waals surface area contributed by atoms with Crippen molar-refractivity contribution in [2.75, 3.05) is 38.5 Å². The smallest absolute Gasteiger partial charge is 0.272 e. The molecule has 1 aromatic heterocycles. The van der Waals surface area contributed by atoms with Crippen molar-refractivity contribution in [2.45, 2.75) is 13.8 Å². The van der Waals surface area contributed by atoms with Gasteiger partial charge in [0, 0.05) is 37.9 Å². The van der Waals surface area contributed by atoms with Crippen LogP contribution in [0.2, 0.25) is 0 Å². The van der Waals surface area contributed by atoms with Gasteiger partial charge in [-0.1, -0.05) is 17.7 Å². The lowest BCUT2D eigenvalue weighted by Crippen LogP contribution is -2.47. The Morgan fingerprint density at radius 1 is 1.08 bits per heavy atom. The Morgan fingerprint density at radius 2 is 1.83 bits per heavy atom. The molecule has 0 bridgehead atoms. The molecular formula is C18H23N5O. The first kappa shape index (κ1) is 16.4. The topological polar surface area (TPSA) is 61.4 Å². The standard InChI is InChI=1S/C18H23N5O/c1-13-4-5-15(14(2)10-13)21-17-11-16(19-12-20-17)18(24)23-8-6-22(3)7-9-23/h4-5,10-12H,6-9H2,1-3H3,(H,19,20,21). The summed E-state index contributed by atoms with van der Waals surface area (Å²) in [6.45, 7) is 7.37. The molecule has 0 unspecified atom stereocenters. The Morgan fingerprint density at radius 3 is 2.54 bits per heavy atom. The third-order valence-electron chi connectivity index (χ3n) is 4.32. The Kier molecular flexibility index (Phi) is 4.76. The van der Waals surface area contributed by atoms with Gasteiger partial charge in [-0.3, -0.25) is 4.79 Å². The largest absolute Gasteiger partial charge is 0.340 e. The maximum Gasteiger partial charge on any atom is 0.272 e. The highest BCUT2D eigenvalue weighted by molar-refractivity contribution is 5.93. The van der Waals surface area contributed by atoms with E-state index in [0.717, 1.165) is 37.4 Å². The van der Waals surface area contributed by atoms with Crippen LogP contribution in [0.25, 0.3) is 0 Å². The molecule has 6 nitrogen and oxygen atoms in total. The van der Waals surface area contributed by atoms with Gasteiger partial charge in [0.05, 0.1) is 0 Å². The molecule has 1 aliphatic rings. The average molecular weight is 325 g/mol. The van der Waals surface area contributed by atoms with Gasteiger partial charge in [0.15, 0.2) is 0 Å².